The van der Waals surface area contributed by atoms with E-state index in [1.54, 1.807) is 18.2 Å². The molecule has 2 N–H and O–H groups in total. The fraction of sp³-hybridized carbons (Fsp3) is 0.450. The van der Waals surface area contributed by atoms with Gasteiger partial charge in [0, 0.05) is 26.3 Å². The van der Waals surface area contributed by atoms with Crippen molar-refractivity contribution in [3.8, 4) is 17.6 Å². The molecule has 0 atom stereocenters. The molecule has 152 valence electrons. The molecule has 1 rings (SSSR count). The molecule has 0 fully saturated rings. The van der Waals surface area contributed by atoms with Crippen LogP contribution >= 0.6 is 0 Å². The largest absolute Gasteiger partial charge is 0.493 e. The molecule has 8 nitrogen and oxygen atoms in total. The Bertz CT molecular complexity index is 725. The van der Waals surface area contributed by atoms with Gasteiger partial charge in [-0.25, -0.2) is 0 Å². The van der Waals surface area contributed by atoms with Gasteiger partial charge >= 0.3 is 0 Å². The minimum atomic E-state index is -0.450. The Kier molecular flexibility index (Phi) is 10.8. The second kappa shape index (κ2) is 13.2. The van der Waals surface area contributed by atoms with Gasteiger partial charge in [0.05, 0.1) is 7.11 Å². The Morgan fingerprint density at radius 2 is 2.00 bits per heavy atom. The molecule has 0 spiro atoms. The maximum Gasteiger partial charge on any atom is 0.261 e. The van der Waals surface area contributed by atoms with Crippen LogP contribution < -0.4 is 20.1 Å². The summed E-state index contributed by atoms with van der Waals surface area (Å²) in [5.41, 5.74) is 0.581. The van der Waals surface area contributed by atoms with E-state index in [9.17, 15) is 14.9 Å². The number of hydrogen-bond acceptors (Lipinski definition) is 6. The van der Waals surface area contributed by atoms with Crippen LogP contribution in [0, 0.1) is 11.3 Å². The van der Waals surface area contributed by atoms with E-state index in [4.69, 9.17) is 14.2 Å². The van der Waals surface area contributed by atoms with E-state index in [1.807, 2.05) is 19.9 Å². The molecule has 2 amide bonds. The van der Waals surface area contributed by atoms with Crippen LogP contribution in [-0.2, 0) is 14.3 Å². The van der Waals surface area contributed by atoms with Gasteiger partial charge in [0.15, 0.2) is 18.1 Å². The molecule has 1 aromatic rings. The highest BCUT2D eigenvalue weighted by atomic mass is 16.5. The van der Waals surface area contributed by atoms with Gasteiger partial charge in [-0.05, 0) is 44.0 Å². The smallest absolute Gasteiger partial charge is 0.261 e. The lowest BCUT2D eigenvalue weighted by atomic mass is 10.1. The average Bonchev–Trinajstić information content (AvgIpc) is 2.70. The molecule has 0 aliphatic heterocycles. The fourth-order valence-electron chi connectivity index (χ4n) is 2.22. The molecule has 0 saturated carbocycles. The molecular formula is C20H27N3O5. The van der Waals surface area contributed by atoms with Crippen LogP contribution in [0.4, 0.5) is 0 Å². The number of carbonyl (C=O) groups is 2. The number of nitrogens with zero attached hydrogens (tertiary/aromatic N) is 1. The highest BCUT2D eigenvalue weighted by Crippen LogP contribution is 2.28. The Morgan fingerprint density at radius 3 is 2.64 bits per heavy atom. The number of likely N-dealkylation sites (N-methyl/N-ethyl adjacent to an activating group) is 1. The third kappa shape index (κ3) is 8.10. The number of hydrogen-bond donors (Lipinski definition) is 2. The Balaban J connectivity index is 2.78. The van der Waals surface area contributed by atoms with Gasteiger partial charge in [0.2, 0.25) is 0 Å². The SMILES string of the molecule is CCNC(=O)COc1ccc(/C=C(\C#N)C(=O)NCCCOCC)cc1OC. The number of nitriles is 1. The van der Waals surface area contributed by atoms with Crippen LogP contribution in [0.5, 0.6) is 11.5 Å². The van der Waals surface area contributed by atoms with Gasteiger partial charge < -0.3 is 24.8 Å². The van der Waals surface area contributed by atoms with Gasteiger partial charge in [-0.1, -0.05) is 6.07 Å². The summed E-state index contributed by atoms with van der Waals surface area (Å²) in [5.74, 6) is 0.105. The molecule has 1 aromatic carbocycles. The normalized spacial score (nSPS) is 10.7. The second-order valence-electron chi connectivity index (χ2n) is 5.63. The number of amides is 2. The molecule has 0 aliphatic carbocycles. The lowest BCUT2D eigenvalue weighted by molar-refractivity contribution is -0.123. The van der Waals surface area contributed by atoms with Crippen molar-refractivity contribution in [3.05, 3.63) is 29.3 Å². The minimum Gasteiger partial charge on any atom is -0.493 e. The van der Waals surface area contributed by atoms with Crippen LogP contribution in [-0.4, -0.2) is 51.8 Å². The zero-order valence-electron chi connectivity index (χ0n) is 16.5. The molecule has 0 radical (unpaired) electrons. The highest BCUT2D eigenvalue weighted by Gasteiger charge is 2.11. The number of methoxy groups -OCH3 is 1. The standard InChI is InChI=1S/C20H27N3O5/c1-4-22-19(24)14-28-17-8-7-15(12-18(17)26-3)11-16(13-21)20(25)23-9-6-10-27-5-2/h7-8,11-12H,4-6,9-10,14H2,1-3H3,(H,22,24)(H,23,25)/b16-11+. The summed E-state index contributed by atoms with van der Waals surface area (Å²) < 4.78 is 15.9. The van der Waals surface area contributed by atoms with Gasteiger partial charge in [-0.15, -0.1) is 0 Å². The fourth-order valence-corrected chi connectivity index (χ4v) is 2.22. The van der Waals surface area contributed by atoms with Crippen LogP contribution in [0.2, 0.25) is 0 Å². The van der Waals surface area contributed by atoms with E-state index in [2.05, 4.69) is 10.6 Å². The summed E-state index contributed by atoms with van der Waals surface area (Å²) in [7, 11) is 1.47. The van der Waals surface area contributed by atoms with Crippen molar-refractivity contribution in [1.82, 2.24) is 10.6 Å². The summed E-state index contributed by atoms with van der Waals surface area (Å²) in [6.45, 7) is 5.72. The quantitative estimate of drug-likeness (QED) is 0.320. The van der Waals surface area contributed by atoms with E-state index in [-0.39, 0.29) is 18.1 Å². The molecule has 28 heavy (non-hydrogen) atoms. The van der Waals surface area contributed by atoms with E-state index in [1.165, 1.54) is 13.2 Å². The topological polar surface area (TPSA) is 110 Å². The summed E-state index contributed by atoms with van der Waals surface area (Å²) in [6, 6.07) is 6.83. The molecule has 8 heteroatoms. The van der Waals surface area contributed by atoms with E-state index >= 15 is 0 Å². The first-order chi connectivity index (χ1) is 13.5. The van der Waals surface area contributed by atoms with Crippen molar-refractivity contribution >= 4 is 17.9 Å². The second-order valence-corrected chi connectivity index (χ2v) is 5.63. The van der Waals surface area contributed by atoms with Gasteiger partial charge in [-0.2, -0.15) is 5.26 Å². The molecule has 0 unspecified atom stereocenters. The maximum atomic E-state index is 12.1. The Labute approximate surface area is 165 Å². The number of nitrogens with one attached hydrogen (secondary N) is 2. The Morgan fingerprint density at radius 1 is 1.21 bits per heavy atom. The third-order valence-electron chi connectivity index (χ3n) is 3.55. The van der Waals surface area contributed by atoms with Crippen LogP contribution in [0.25, 0.3) is 6.08 Å². The van der Waals surface area contributed by atoms with E-state index < -0.39 is 5.91 Å². The molecule has 0 bridgehead atoms. The average molecular weight is 389 g/mol. The highest BCUT2D eigenvalue weighted by molar-refractivity contribution is 6.01. The summed E-state index contributed by atoms with van der Waals surface area (Å²) >= 11 is 0. The number of carbonyl (C=O) groups excluding carboxylic acids is 2. The van der Waals surface area contributed by atoms with Crippen molar-refractivity contribution in [1.29, 1.82) is 5.26 Å². The van der Waals surface area contributed by atoms with Crippen LogP contribution in [0.15, 0.2) is 23.8 Å². The summed E-state index contributed by atoms with van der Waals surface area (Å²) in [4.78, 5) is 23.6. The number of rotatable bonds is 12. The molecule has 0 saturated heterocycles. The van der Waals surface area contributed by atoms with Crippen molar-refractivity contribution in [2.75, 3.05) is 40.0 Å². The third-order valence-corrected chi connectivity index (χ3v) is 3.55. The molecular weight excluding hydrogens is 362 g/mol. The van der Waals surface area contributed by atoms with Crippen molar-refractivity contribution in [2.24, 2.45) is 0 Å². The first kappa shape index (κ1) is 23.0. The summed E-state index contributed by atoms with van der Waals surface area (Å²) in [5, 5.41) is 14.6. The predicted molar refractivity (Wildman–Crippen MR) is 105 cm³/mol. The van der Waals surface area contributed by atoms with E-state index in [0.29, 0.717) is 49.8 Å². The van der Waals surface area contributed by atoms with Gasteiger partial charge in [-0.3, -0.25) is 9.59 Å². The number of ether oxygens (including phenoxy) is 3. The predicted octanol–water partition coefficient (Wildman–Crippen LogP) is 1.66. The van der Waals surface area contributed by atoms with Gasteiger partial charge in [0.1, 0.15) is 11.6 Å². The maximum absolute atomic E-state index is 12.1. The zero-order valence-corrected chi connectivity index (χ0v) is 16.5. The van der Waals surface area contributed by atoms with Crippen LogP contribution in [0.3, 0.4) is 0 Å². The Hall–Kier alpha value is -3.05. The molecule has 0 aromatic heterocycles. The lowest BCUT2D eigenvalue weighted by Crippen LogP contribution is -2.28. The first-order valence-corrected chi connectivity index (χ1v) is 9.10. The minimum absolute atomic E-state index is 0.0190. The molecule has 0 heterocycles. The lowest BCUT2D eigenvalue weighted by Gasteiger charge is -2.11. The van der Waals surface area contributed by atoms with Crippen molar-refractivity contribution in [3.63, 3.8) is 0 Å². The summed E-state index contributed by atoms with van der Waals surface area (Å²) in [6.07, 6.45) is 2.14. The van der Waals surface area contributed by atoms with Crippen molar-refractivity contribution < 1.29 is 23.8 Å². The zero-order chi connectivity index (χ0) is 20.8. The van der Waals surface area contributed by atoms with E-state index in [0.717, 1.165) is 0 Å². The van der Waals surface area contributed by atoms with Gasteiger partial charge in [0.25, 0.3) is 11.8 Å². The number of benzene rings is 1. The monoisotopic (exact) mass is 389 g/mol. The van der Waals surface area contributed by atoms with Crippen LogP contribution in [0.1, 0.15) is 25.8 Å². The molecule has 0 aliphatic rings. The first-order valence-electron chi connectivity index (χ1n) is 9.10. The van der Waals surface area contributed by atoms with Crippen molar-refractivity contribution in [2.45, 2.75) is 20.3 Å².